The number of anilines is 1. The number of hydrogen-bond acceptors (Lipinski definition) is 6. The second-order valence-electron chi connectivity index (χ2n) is 9.74. The summed E-state index contributed by atoms with van der Waals surface area (Å²) in [5.74, 6) is 0.294. The number of thiazole rings is 1. The van der Waals surface area contributed by atoms with Crippen LogP contribution in [0.25, 0.3) is 0 Å². The van der Waals surface area contributed by atoms with Gasteiger partial charge < -0.3 is 9.80 Å². The number of nitrogens with zero attached hydrogens (tertiary/aromatic N) is 4. The van der Waals surface area contributed by atoms with Crippen molar-refractivity contribution < 1.29 is 14.4 Å². The Hall–Kier alpha value is -2.74. The highest BCUT2D eigenvalue weighted by Crippen LogP contribution is 2.38. The Bertz CT molecular complexity index is 1080. The topological polar surface area (TPSA) is 73.8 Å². The second-order valence-corrected chi connectivity index (χ2v) is 10.7. The second kappa shape index (κ2) is 9.49. The lowest BCUT2D eigenvalue weighted by Crippen LogP contribution is -2.46. The smallest absolute Gasteiger partial charge is 0.264 e. The van der Waals surface area contributed by atoms with Gasteiger partial charge in [0.05, 0.1) is 28.8 Å². The van der Waals surface area contributed by atoms with Crippen molar-refractivity contribution in [2.45, 2.75) is 52.0 Å². The molecular formula is C26H32N4O3S. The minimum absolute atomic E-state index is 0.0764. The van der Waals surface area contributed by atoms with Crippen LogP contribution < -0.4 is 4.90 Å². The molecule has 5 rings (SSSR count). The summed E-state index contributed by atoms with van der Waals surface area (Å²) in [7, 11) is 0. The molecule has 3 aliphatic rings. The fourth-order valence-corrected chi connectivity index (χ4v) is 5.97. The van der Waals surface area contributed by atoms with Crippen LogP contribution in [0.3, 0.4) is 0 Å². The van der Waals surface area contributed by atoms with E-state index in [4.69, 9.17) is 0 Å². The molecule has 1 aromatic heterocycles. The van der Waals surface area contributed by atoms with Crippen LogP contribution in [-0.4, -0.2) is 58.7 Å². The van der Waals surface area contributed by atoms with Gasteiger partial charge in [-0.2, -0.15) is 0 Å². The summed E-state index contributed by atoms with van der Waals surface area (Å²) in [5, 5.41) is 2.59. The van der Waals surface area contributed by atoms with Crippen molar-refractivity contribution in [1.82, 2.24) is 14.8 Å². The molecule has 1 saturated carbocycles. The molecule has 2 aromatic rings. The van der Waals surface area contributed by atoms with E-state index in [0.29, 0.717) is 23.6 Å². The zero-order valence-electron chi connectivity index (χ0n) is 19.9. The maximum absolute atomic E-state index is 13.5. The quantitative estimate of drug-likeness (QED) is 0.525. The Morgan fingerprint density at radius 2 is 2.06 bits per heavy atom. The average Bonchev–Trinajstić information content (AvgIpc) is 3.42. The molecule has 0 spiro atoms. The number of benzene rings is 1. The molecule has 0 unspecified atom stereocenters. The van der Waals surface area contributed by atoms with Crippen LogP contribution in [0, 0.1) is 11.8 Å². The van der Waals surface area contributed by atoms with Crippen LogP contribution in [-0.2, 0) is 4.79 Å². The van der Waals surface area contributed by atoms with E-state index in [1.165, 1.54) is 29.1 Å². The molecule has 34 heavy (non-hydrogen) atoms. The maximum Gasteiger partial charge on any atom is 0.264 e. The number of hydrogen-bond donors (Lipinski definition) is 0. The molecule has 7 nitrogen and oxygen atoms in total. The van der Waals surface area contributed by atoms with Gasteiger partial charge in [0.25, 0.3) is 11.8 Å². The first-order valence-electron chi connectivity index (χ1n) is 12.4. The van der Waals surface area contributed by atoms with E-state index >= 15 is 0 Å². The third kappa shape index (κ3) is 4.24. The third-order valence-corrected chi connectivity index (χ3v) is 8.16. The lowest BCUT2D eigenvalue weighted by atomic mass is 9.94. The molecule has 3 heterocycles. The summed E-state index contributed by atoms with van der Waals surface area (Å²) in [6.07, 6.45) is 6.87. The molecule has 1 aliphatic carbocycles. The van der Waals surface area contributed by atoms with Gasteiger partial charge in [0.2, 0.25) is 5.91 Å². The molecule has 180 valence electrons. The van der Waals surface area contributed by atoms with Crippen molar-refractivity contribution in [2.24, 2.45) is 11.8 Å². The molecule has 0 radical (unpaired) electrons. The number of amides is 3. The Morgan fingerprint density at radius 1 is 1.24 bits per heavy atom. The zero-order chi connectivity index (χ0) is 23.8. The maximum atomic E-state index is 13.5. The van der Waals surface area contributed by atoms with Crippen molar-refractivity contribution >= 4 is 34.7 Å². The van der Waals surface area contributed by atoms with Gasteiger partial charge in [0, 0.05) is 37.8 Å². The molecule has 2 atom stereocenters. The molecule has 1 saturated heterocycles. The highest BCUT2D eigenvalue weighted by molar-refractivity contribution is 7.09. The predicted octanol–water partition coefficient (Wildman–Crippen LogP) is 4.37. The molecular weight excluding hydrogens is 448 g/mol. The van der Waals surface area contributed by atoms with Gasteiger partial charge in [-0.1, -0.05) is 13.0 Å². The van der Waals surface area contributed by atoms with Crippen molar-refractivity contribution in [3.63, 3.8) is 0 Å². The summed E-state index contributed by atoms with van der Waals surface area (Å²) in [5.41, 5.74) is 1.68. The lowest BCUT2D eigenvalue weighted by Gasteiger charge is -2.37. The van der Waals surface area contributed by atoms with Crippen LogP contribution in [0.15, 0.2) is 29.8 Å². The van der Waals surface area contributed by atoms with E-state index in [2.05, 4.69) is 21.7 Å². The van der Waals surface area contributed by atoms with E-state index < -0.39 is 6.04 Å². The Balaban J connectivity index is 1.38. The highest BCUT2D eigenvalue weighted by Gasteiger charge is 2.43. The molecule has 1 aromatic carbocycles. The number of fused-ring (bicyclic) bond motifs is 1. The first-order valence-corrected chi connectivity index (χ1v) is 13.3. The summed E-state index contributed by atoms with van der Waals surface area (Å²) in [4.78, 5) is 50.0. The van der Waals surface area contributed by atoms with Gasteiger partial charge in [0.15, 0.2) is 0 Å². The van der Waals surface area contributed by atoms with Gasteiger partial charge in [-0.05, 0) is 57.1 Å². The number of rotatable bonds is 8. The van der Waals surface area contributed by atoms with Gasteiger partial charge in [0.1, 0.15) is 5.01 Å². The highest BCUT2D eigenvalue weighted by atomic mass is 32.1. The summed E-state index contributed by atoms with van der Waals surface area (Å²) >= 11 is 1.44. The first-order chi connectivity index (χ1) is 16.5. The van der Waals surface area contributed by atoms with Crippen LogP contribution in [0.1, 0.15) is 77.7 Å². The van der Waals surface area contributed by atoms with Crippen LogP contribution >= 0.6 is 11.3 Å². The van der Waals surface area contributed by atoms with Crippen molar-refractivity contribution in [3.05, 3.63) is 45.9 Å². The van der Waals surface area contributed by atoms with Crippen LogP contribution in [0.2, 0.25) is 0 Å². The van der Waals surface area contributed by atoms with E-state index in [1.807, 2.05) is 24.4 Å². The number of imide groups is 1. The normalized spacial score (nSPS) is 21.1. The van der Waals surface area contributed by atoms with Gasteiger partial charge in [-0.3, -0.25) is 19.3 Å². The largest absolute Gasteiger partial charge is 0.370 e. The van der Waals surface area contributed by atoms with E-state index in [1.54, 1.807) is 12.3 Å². The summed E-state index contributed by atoms with van der Waals surface area (Å²) < 4.78 is 0. The van der Waals surface area contributed by atoms with Crippen molar-refractivity contribution in [3.8, 4) is 0 Å². The minimum atomic E-state index is -0.416. The molecule has 8 heteroatoms. The molecule has 2 fully saturated rings. The molecule has 0 N–H and O–H groups in total. The summed E-state index contributed by atoms with van der Waals surface area (Å²) in [6.45, 7) is 7.01. The predicted molar refractivity (Wildman–Crippen MR) is 132 cm³/mol. The monoisotopic (exact) mass is 480 g/mol. The Kier molecular flexibility index (Phi) is 6.42. The van der Waals surface area contributed by atoms with Gasteiger partial charge in [-0.15, -0.1) is 11.3 Å². The average molecular weight is 481 g/mol. The molecule has 0 bridgehead atoms. The van der Waals surface area contributed by atoms with Gasteiger partial charge in [-0.25, -0.2) is 4.98 Å². The fourth-order valence-electron chi connectivity index (χ4n) is 5.28. The lowest BCUT2D eigenvalue weighted by molar-refractivity contribution is -0.136. The van der Waals surface area contributed by atoms with E-state index in [9.17, 15) is 14.4 Å². The van der Waals surface area contributed by atoms with Crippen molar-refractivity contribution in [2.75, 3.05) is 31.1 Å². The number of carbonyl (C=O) groups excluding carboxylic acids is 3. The first kappa shape index (κ1) is 23.0. The molecule has 3 amide bonds. The van der Waals surface area contributed by atoms with E-state index in [0.717, 1.165) is 49.6 Å². The number of piperidine rings is 1. The summed E-state index contributed by atoms with van der Waals surface area (Å²) in [6, 6.07) is 5.08. The molecule has 2 aliphatic heterocycles. The zero-order valence-corrected chi connectivity index (χ0v) is 20.7. The van der Waals surface area contributed by atoms with Crippen molar-refractivity contribution in [1.29, 1.82) is 0 Å². The van der Waals surface area contributed by atoms with Crippen LogP contribution in [0.5, 0.6) is 0 Å². The fraction of sp³-hybridized carbons (Fsp3) is 0.538. The minimum Gasteiger partial charge on any atom is -0.370 e. The Morgan fingerprint density at radius 3 is 2.76 bits per heavy atom. The number of aromatic nitrogens is 1. The SMILES string of the molecule is CCCN(CC1CC1)C(=O)[C@@H]1CCCN(c2cccc3c2C(=O)N([C@H](C)c2nccs2)C3=O)C1. The third-order valence-electron chi connectivity index (χ3n) is 7.21. The Labute approximate surface area is 204 Å². The van der Waals surface area contributed by atoms with Crippen LogP contribution in [0.4, 0.5) is 5.69 Å². The standard InChI is InChI=1S/C26H32N4O3S/c1-3-12-29(15-18-9-10-18)24(31)19-6-5-13-28(16-19)21-8-4-7-20-22(21)26(33)30(25(20)32)17(2)23-27-11-14-34-23/h4,7-8,11,14,17-19H,3,5-6,9-10,12-13,15-16H2,1-2H3/t17-,19-/m1/s1. The van der Waals surface area contributed by atoms with E-state index in [-0.39, 0.29) is 23.6 Å². The van der Waals surface area contributed by atoms with Gasteiger partial charge >= 0.3 is 0 Å². The number of carbonyl (C=O) groups is 3.